The molecule has 1 aromatic rings. The second-order valence-corrected chi connectivity index (χ2v) is 4.41. The van der Waals surface area contributed by atoms with Crippen LogP contribution in [0.3, 0.4) is 0 Å². The molecule has 0 radical (unpaired) electrons. The van der Waals surface area contributed by atoms with Gasteiger partial charge in [-0.2, -0.15) is 0 Å². The molecule has 2 heteroatoms. The summed E-state index contributed by atoms with van der Waals surface area (Å²) in [4.78, 5) is 4.28. The molecule has 0 unspecified atom stereocenters. The lowest BCUT2D eigenvalue weighted by molar-refractivity contribution is 0.210. The molecule has 0 saturated heterocycles. The standard InChI is InChI=1S/C12H18N2/c1-9-5-6-13-12(7-9)14-8-11-4-3-10(11)2/h5-7,10-11H,3-4,8H2,1-2H3,(H,13,14)/t10-,11-/m0/s1. The number of aryl methyl sites for hydroxylation is 1. The van der Waals surface area contributed by atoms with Crippen LogP contribution in [0.4, 0.5) is 5.82 Å². The Balaban J connectivity index is 1.85. The fourth-order valence-corrected chi connectivity index (χ4v) is 1.91. The molecule has 0 aliphatic heterocycles. The molecule has 1 heterocycles. The van der Waals surface area contributed by atoms with Crippen LogP contribution in [-0.2, 0) is 0 Å². The Morgan fingerprint density at radius 3 is 2.93 bits per heavy atom. The SMILES string of the molecule is Cc1ccnc(NC[C@@H]2CC[C@@H]2C)c1. The summed E-state index contributed by atoms with van der Waals surface area (Å²) in [6.45, 7) is 5.51. The molecule has 1 aromatic heterocycles. The normalized spacial score (nSPS) is 25.6. The van der Waals surface area contributed by atoms with Crippen LogP contribution < -0.4 is 5.32 Å². The Labute approximate surface area is 85.7 Å². The zero-order chi connectivity index (χ0) is 9.97. The van der Waals surface area contributed by atoms with Crippen molar-refractivity contribution < 1.29 is 0 Å². The molecule has 0 amide bonds. The highest BCUT2D eigenvalue weighted by atomic mass is 15.0. The molecule has 1 aliphatic carbocycles. The third-order valence-electron chi connectivity index (χ3n) is 3.26. The van der Waals surface area contributed by atoms with Gasteiger partial charge in [-0.05, 0) is 42.9 Å². The summed E-state index contributed by atoms with van der Waals surface area (Å²) in [5.41, 5.74) is 1.27. The molecule has 0 bridgehead atoms. The van der Waals surface area contributed by atoms with E-state index >= 15 is 0 Å². The molecule has 2 rings (SSSR count). The summed E-state index contributed by atoms with van der Waals surface area (Å²) < 4.78 is 0. The number of nitrogens with zero attached hydrogens (tertiary/aromatic N) is 1. The first-order valence-corrected chi connectivity index (χ1v) is 5.42. The van der Waals surface area contributed by atoms with Crippen molar-refractivity contribution in [1.29, 1.82) is 0 Å². The van der Waals surface area contributed by atoms with Crippen LogP contribution in [-0.4, -0.2) is 11.5 Å². The van der Waals surface area contributed by atoms with E-state index in [1.165, 1.54) is 18.4 Å². The molecule has 0 aromatic carbocycles. The number of pyridine rings is 1. The van der Waals surface area contributed by atoms with E-state index in [1.54, 1.807) is 0 Å². The zero-order valence-electron chi connectivity index (χ0n) is 8.96. The van der Waals surface area contributed by atoms with E-state index in [0.29, 0.717) is 0 Å². The van der Waals surface area contributed by atoms with Gasteiger partial charge in [0.25, 0.3) is 0 Å². The highest BCUT2D eigenvalue weighted by Gasteiger charge is 2.25. The van der Waals surface area contributed by atoms with Crippen LogP contribution in [0.5, 0.6) is 0 Å². The largest absolute Gasteiger partial charge is 0.370 e. The maximum Gasteiger partial charge on any atom is 0.126 e. The van der Waals surface area contributed by atoms with Crippen LogP contribution in [0, 0.1) is 18.8 Å². The van der Waals surface area contributed by atoms with E-state index in [9.17, 15) is 0 Å². The highest BCUT2D eigenvalue weighted by molar-refractivity contribution is 5.36. The predicted octanol–water partition coefficient (Wildman–Crippen LogP) is 2.85. The monoisotopic (exact) mass is 190 g/mol. The smallest absolute Gasteiger partial charge is 0.126 e. The first-order valence-electron chi connectivity index (χ1n) is 5.42. The van der Waals surface area contributed by atoms with Gasteiger partial charge in [-0.15, -0.1) is 0 Å². The lowest BCUT2D eigenvalue weighted by atomic mass is 9.75. The predicted molar refractivity (Wildman–Crippen MR) is 59.4 cm³/mol. The third-order valence-corrected chi connectivity index (χ3v) is 3.26. The highest BCUT2D eigenvalue weighted by Crippen LogP contribution is 2.33. The first kappa shape index (κ1) is 9.50. The maximum absolute atomic E-state index is 4.28. The van der Waals surface area contributed by atoms with Gasteiger partial charge in [0.05, 0.1) is 0 Å². The third kappa shape index (κ3) is 2.06. The van der Waals surface area contributed by atoms with Crippen molar-refractivity contribution in [3.8, 4) is 0 Å². The van der Waals surface area contributed by atoms with Crippen LogP contribution in [0.2, 0.25) is 0 Å². The van der Waals surface area contributed by atoms with Crippen molar-refractivity contribution in [3.05, 3.63) is 23.9 Å². The van der Waals surface area contributed by atoms with Gasteiger partial charge in [0.15, 0.2) is 0 Å². The molecular weight excluding hydrogens is 172 g/mol. The molecule has 1 saturated carbocycles. The maximum atomic E-state index is 4.28. The van der Waals surface area contributed by atoms with Crippen LogP contribution in [0.25, 0.3) is 0 Å². The summed E-state index contributed by atoms with van der Waals surface area (Å²) >= 11 is 0. The van der Waals surface area contributed by atoms with E-state index in [2.05, 4.69) is 30.2 Å². The second-order valence-electron chi connectivity index (χ2n) is 4.41. The fraction of sp³-hybridized carbons (Fsp3) is 0.583. The van der Waals surface area contributed by atoms with E-state index in [-0.39, 0.29) is 0 Å². The summed E-state index contributed by atoms with van der Waals surface area (Å²) in [6, 6.07) is 4.13. The Kier molecular flexibility index (Phi) is 2.71. The van der Waals surface area contributed by atoms with Gasteiger partial charge in [0.1, 0.15) is 5.82 Å². The minimum atomic E-state index is 0.859. The van der Waals surface area contributed by atoms with Gasteiger partial charge >= 0.3 is 0 Å². The van der Waals surface area contributed by atoms with Crippen molar-refractivity contribution in [2.75, 3.05) is 11.9 Å². The van der Waals surface area contributed by atoms with Crippen molar-refractivity contribution >= 4 is 5.82 Å². The van der Waals surface area contributed by atoms with Crippen LogP contribution in [0.1, 0.15) is 25.3 Å². The van der Waals surface area contributed by atoms with Crippen molar-refractivity contribution in [2.45, 2.75) is 26.7 Å². The van der Waals surface area contributed by atoms with Crippen LogP contribution in [0.15, 0.2) is 18.3 Å². The van der Waals surface area contributed by atoms with E-state index in [1.807, 2.05) is 12.3 Å². The number of hydrogen-bond acceptors (Lipinski definition) is 2. The summed E-state index contributed by atoms with van der Waals surface area (Å²) in [5, 5.41) is 3.41. The molecule has 76 valence electrons. The zero-order valence-corrected chi connectivity index (χ0v) is 8.96. The minimum absolute atomic E-state index is 0.859. The van der Waals surface area contributed by atoms with E-state index in [0.717, 1.165) is 24.2 Å². The van der Waals surface area contributed by atoms with E-state index in [4.69, 9.17) is 0 Å². The lowest BCUT2D eigenvalue weighted by Crippen LogP contribution is -2.29. The fourth-order valence-electron chi connectivity index (χ4n) is 1.91. The Morgan fingerprint density at radius 2 is 2.36 bits per heavy atom. The lowest BCUT2D eigenvalue weighted by Gasteiger charge is -2.34. The number of rotatable bonds is 3. The molecule has 1 aliphatic rings. The molecule has 14 heavy (non-hydrogen) atoms. The summed E-state index contributed by atoms with van der Waals surface area (Å²) in [5.74, 6) is 2.77. The number of aromatic nitrogens is 1. The molecule has 2 atom stereocenters. The van der Waals surface area contributed by atoms with Gasteiger partial charge in [-0.25, -0.2) is 4.98 Å². The summed E-state index contributed by atoms with van der Waals surface area (Å²) in [6.07, 6.45) is 4.63. The van der Waals surface area contributed by atoms with Gasteiger partial charge < -0.3 is 5.32 Å². The molecule has 2 nitrogen and oxygen atoms in total. The van der Waals surface area contributed by atoms with E-state index < -0.39 is 0 Å². The van der Waals surface area contributed by atoms with Gasteiger partial charge in [0, 0.05) is 12.7 Å². The average molecular weight is 190 g/mol. The molecule has 1 N–H and O–H groups in total. The number of anilines is 1. The number of hydrogen-bond donors (Lipinski definition) is 1. The Bertz CT molecular complexity index is 309. The van der Waals surface area contributed by atoms with Gasteiger partial charge in [0.2, 0.25) is 0 Å². The minimum Gasteiger partial charge on any atom is -0.370 e. The molecule has 0 spiro atoms. The van der Waals surface area contributed by atoms with Crippen molar-refractivity contribution in [1.82, 2.24) is 4.98 Å². The first-order chi connectivity index (χ1) is 6.75. The topological polar surface area (TPSA) is 24.9 Å². The quantitative estimate of drug-likeness (QED) is 0.792. The van der Waals surface area contributed by atoms with Crippen molar-refractivity contribution in [2.24, 2.45) is 11.8 Å². The molecular formula is C12H18N2. The molecule has 1 fully saturated rings. The second kappa shape index (κ2) is 3.99. The summed E-state index contributed by atoms with van der Waals surface area (Å²) in [7, 11) is 0. The average Bonchev–Trinajstić information content (AvgIpc) is 2.16. The van der Waals surface area contributed by atoms with Gasteiger partial charge in [-0.3, -0.25) is 0 Å². The van der Waals surface area contributed by atoms with Crippen LogP contribution >= 0.6 is 0 Å². The number of nitrogens with one attached hydrogen (secondary N) is 1. The Hall–Kier alpha value is -1.05. The van der Waals surface area contributed by atoms with Crippen molar-refractivity contribution in [3.63, 3.8) is 0 Å². The van der Waals surface area contributed by atoms with Gasteiger partial charge in [-0.1, -0.05) is 13.3 Å². The Morgan fingerprint density at radius 1 is 1.50 bits per heavy atom.